The zero-order chi connectivity index (χ0) is 26.9. The molecule has 0 bridgehead atoms. The largest absolute Gasteiger partial charge is 0.382 e. The van der Waals surface area contributed by atoms with Crippen LogP contribution in [0.25, 0.3) is 5.52 Å². The molecule has 5 atom stereocenters. The molecule has 3 aromatic carbocycles. The van der Waals surface area contributed by atoms with E-state index in [9.17, 15) is 0 Å². The fourth-order valence-electron chi connectivity index (χ4n) is 5.69. The van der Waals surface area contributed by atoms with E-state index in [1.54, 1.807) is 4.52 Å². The molecule has 1 unspecified atom stereocenters. The molecule has 8 nitrogen and oxygen atoms in total. The molecule has 2 fully saturated rings. The Morgan fingerprint density at radius 2 is 1.30 bits per heavy atom. The third kappa shape index (κ3) is 4.45. The Hall–Kier alpha value is -4.08. The zero-order valence-electron chi connectivity index (χ0n) is 21.9. The topological polar surface area (TPSA) is 93.1 Å². The number of benzene rings is 3. The van der Waals surface area contributed by atoms with Gasteiger partial charge in [-0.1, -0.05) is 91.0 Å². The summed E-state index contributed by atoms with van der Waals surface area (Å²) in [5.74, 6) is 0.408. The Morgan fingerprint density at radius 1 is 0.725 bits per heavy atom. The van der Waals surface area contributed by atoms with Gasteiger partial charge < -0.3 is 24.7 Å². The second-order valence-corrected chi connectivity index (χ2v) is 10.2. The maximum absolute atomic E-state index is 6.78. The molecule has 40 heavy (non-hydrogen) atoms. The lowest BCUT2D eigenvalue weighted by Gasteiger charge is -2.30. The van der Waals surface area contributed by atoms with Gasteiger partial charge in [0.25, 0.3) is 0 Å². The van der Waals surface area contributed by atoms with Crippen LogP contribution in [0.5, 0.6) is 0 Å². The van der Waals surface area contributed by atoms with E-state index < -0.39 is 17.8 Å². The highest BCUT2D eigenvalue weighted by Gasteiger charge is 2.80. The summed E-state index contributed by atoms with van der Waals surface area (Å²) < 4.78 is 28.5. The van der Waals surface area contributed by atoms with Gasteiger partial charge in [0.05, 0.1) is 25.5 Å². The molecule has 0 radical (unpaired) electrons. The monoisotopic (exact) mass is 534 g/mol. The molecule has 1 saturated carbocycles. The van der Waals surface area contributed by atoms with E-state index >= 15 is 0 Å². The number of anilines is 1. The van der Waals surface area contributed by atoms with Gasteiger partial charge in [-0.15, -0.1) is 0 Å². The molecule has 2 aliphatic rings. The molecule has 5 aromatic rings. The third-order valence-corrected chi connectivity index (χ3v) is 7.75. The Kier molecular flexibility index (Phi) is 6.53. The Bertz CT molecular complexity index is 1580. The van der Waals surface area contributed by atoms with Crippen LogP contribution in [0.3, 0.4) is 0 Å². The molecule has 3 heterocycles. The molecule has 0 spiro atoms. The number of nitrogens with zero attached hydrogens (tertiary/aromatic N) is 3. The number of hydrogen-bond donors (Lipinski definition) is 1. The van der Waals surface area contributed by atoms with E-state index in [1.165, 1.54) is 6.33 Å². The van der Waals surface area contributed by atoms with Gasteiger partial charge in [-0.05, 0) is 28.8 Å². The van der Waals surface area contributed by atoms with Crippen molar-refractivity contribution in [1.82, 2.24) is 14.6 Å². The minimum atomic E-state index is -0.799. The number of nitrogens with two attached hydrogens (primary N) is 1. The Morgan fingerprint density at radius 3 is 1.93 bits per heavy atom. The van der Waals surface area contributed by atoms with Crippen molar-refractivity contribution in [1.29, 1.82) is 0 Å². The van der Waals surface area contributed by atoms with Crippen molar-refractivity contribution in [3.63, 3.8) is 0 Å². The van der Waals surface area contributed by atoms with Crippen LogP contribution in [-0.2, 0) is 38.8 Å². The van der Waals surface area contributed by atoms with Crippen molar-refractivity contribution in [3.05, 3.63) is 132 Å². The summed E-state index contributed by atoms with van der Waals surface area (Å²) in [5.41, 5.74) is 10.1. The molecule has 1 saturated heterocycles. The summed E-state index contributed by atoms with van der Waals surface area (Å²) in [7, 11) is 0. The van der Waals surface area contributed by atoms with Crippen molar-refractivity contribution >= 4 is 11.3 Å². The summed E-state index contributed by atoms with van der Waals surface area (Å²) >= 11 is 0. The summed E-state index contributed by atoms with van der Waals surface area (Å²) in [6, 6.07) is 34.3. The quantitative estimate of drug-likeness (QED) is 0.273. The molecular formula is C32H30N4O4. The lowest BCUT2D eigenvalue weighted by Crippen LogP contribution is -2.40. The van der Waals surface area contributed by atoms with E-state index in [0.717, 1.165) is 27.9 Å². The van der Waals surface area contributed by atoms with Gasteiger partial charge in [-0.3, -0.25) is 0 Å². The van der Waals surface area contributed by atoms with Gasteiger partial charge in [0, 0.05) is 0 Å². The Balaban J connectivity index is 1.23. The summed E-state index contributed by atoms with van der Waals surface area (Å²) in [4.78, 5) is 4.14. The fourth-order valence-corrected chi connectivity index (χ4v) is 5.69. The average molecular weight is 535 g/mol. The van der Waals surface area contributed by atoms with Gasteiger partial charge in [0.2, 0.25) is 0 Å². The molecule has 7 rings (SSSR count). The van der Waals surface area contributed by atoms with Gasteiger partial charge in [-0.25, -0.2) is 9.50 Å². The van der Waals surface area contributed by atoms with Crippen LogP contribution >= 0.6 is 0 Å². The van der Waals surface area contributed by atoms with Crippen LogP contribution in [-0.4, -0.2) is 38.5 Å². The lowest BCUT2D eigenvalue weighted by molar-refractivity contribution is -0.145. The van der Waals surface area contributed by atoms with E-state index in [1.807, 2.05) is 66.7 Å². The van der Waals surface area contributed by atoms with Crippen LogP contribution in [0.4, 0.5) is 5.82 Å². The minimum Gasteiger partial charge on any atom is -0.382 e. The summed E-state index contributed by atoms with van der Waals surface area (Å²) in [5, 5.41) is 4.47. The van der Waals surface area contributed by atoms with Crippen LogP contribution in [0.2, 0.25) is 0 Å². The van der Waals surface area contributed by atoms with Crippen molar-refractivity contribution in [3.8, 4) is 0 Å². The molecule has 2 aromatic heterocycles. The molecule has 1 aliphatic carbocycles. The normalized spacial score (nSPS) is 25.2. The fraction of sp³-hybridized carbons (Fsp3) is 0.250. The predicted molar refractivity (Wildman–Crippen MR) is 149 cm³/mol. The average Bonchev–Trinajstić information content (AvgIpc) is 3.25. The van der Waals surface area contributed by atoms with Gasteiger partial charge in [-0.2, -0.15) is 5.10 Å². The van der Waals surface area contributed by atoms with Crippen LogP contribution in [0, 0.1) is 0 Å². The standard InChI is InChI=1S/C32H30N4O4/c33-31-26-17-16-25(36(26)35-21-34-31)27-28(37-18-22-10-4-1-5-11-22)32(39-20-24-14-8-3-9-15-24)29(30(32)40-27)38-19-23-12-6-2-7-13-23/h1-17,21,27-30H,18-20H2,(H2,33,34,35)/t27-,28-,29?,30+,32+/m0/s1. The molecule has 202 valence electrons. The number of rotatable bonds is 10. The van der Waals surface area contributed by atoms with Crippen LogP contribution in [0.1, 0.15) is 28.5 Å². The van der Waals surface area contributed by atoms with Gasteiger partial charge >= 0.3 is 0 Å². The van der Waals surface area contributed by atoms with Crippen LogP contribution < -0.4 is 5.73 Å². The zero-order valence-corrected chi connectivity index (χ0v) is 21.9. The van der Waals surface area contributed by atoms with E-state index in [2.05, 4.69) is 46.5 Å². The van der Waals surface area contributed by atoms with E-state index in [4.69, 9.17) is 24.7 Å². The second kappa shape index (κ2) is 10.5. The number of hydrogen-bond acceptors (Lipinski definition) is 7. The molecular weight excluding hydrogens is 504 g/mol. The first-order chi connectivity index (χ1) is 19.7. The minimum absolute atomic E-state index is 0.292. The second-order valence-electron chi connectivity index (χ2n) is 10.2. The highest BCUT2D eigenvalue weighted by Crippen LogP contribution is 2.60. The molecule has 0 amide bonds. The highest BCUT2D eigenvalue weighted by atomic mass is 16.7. The number of fused-ring (bicyclic) bond motifs is 2. The lowest BCUT2D eigenvalue weighted by atomic mass is 10.0. The van der Waals surface area contributed by atoms with Crippen LogP contribution in [0.15, 0.2) is 109 Å². The first kappa shape index (κ1) is 24.9. The first-order valence-corrected chi connectivity index (χ1v) is 13.5. The maximum Gasteiger partial charge on any atom is 0.155 e. The van der Waals surface area contributed by atoms with Gasteiger partial charge in [0.15, 0.2) is 11.4 Å². The van der Waals surface area contributed by atoms with Crippen molar-refractivity contribution in [2.24, 2.45) is 0 Å². The smallest absolute Gasteiger partial charge is 0.155 e. The van der Waals surface area contributed by atoms with Crippen molar-refractivity contribution in [2.45, 2.75) is 49.8 Å². The van der Waals surface area contributed by atoms with Crippen molar-refractivity contribution < 1.29 is 18.9 Å². The summed E-state index contributed by atoms with van der Waals surface area (Å²) in [6.07, 6.45) is -0.0569. The maximum atomic E-state index is 6.78. The third-order valence-electron chi connectivity index (χ3n) is 7.75. The number of ether oxygens (including phenoxy) is 4. The molecule has 2 N–H and O–H groups in total. The summed E-state index contributed by atoms with van der Waals surface area (Å²) in [6.45, 7) is 1.27. The number of nitrogen functional groups attached to an aromatic ring is 1. The number of aromatic nitrogens is 3. The van der Waals surface area contributed by atoms with Gasteiger partial charge in [0.1, 0.15) is 36.3 Å². The predicted octanol–water partition coefficient (Wildman–Crippen LogP) is 4.89. The van der Waals surface area contributed by atoms with Crippen molar-refractivity contribution in [2.75, 3.05) is 5.73 Å². The first-order valence-electron chi connectivity index (χ1n) is 13.5. The SMILES string of the molecule is Nc1ncnn2c([C@@H]3O[C@@H]4C(OCc5ccccc5)[C@]4(OCc4ccccc4)[C@H]3OCc3ccccc3)ccc12. The highest BCUT2D eigenvalue weighted by molar-refractivity contribution is 5.65. The molecule has 1 aliphatic heterocycles. The van der Waals surface area contributed by atoms with E-state index in [0.29, 0.717) is 25.6 Å². The molecule has 8 heteroatoms. The van der Waals surface area contributed by atoms with E-state index in [-0.39, 0.29) is 12.2 Å². The Labute approximate surface area is 232 Å².